The highest BCUT2D eigenvalue weighted by molar-refractivity contribution is 6.31. The fraction of sp³-hybridized carbons (Fsp3) is 0.200. The van der Waals surface area contributed by atoms with Gasteiger partial charge in [-0.15, -0.1) is 0 Å². The molecule has 0 bridgehead atoms. The second-order valence-corrected chi connectivity index (χ2v) is 5.65. The number of nitrogens with one attached hydrogen (secondary N) is 1. The quantitative estimate of drug-likeness (QED) is 0.661. The molecule has 1 fully saturated rings. The van der Waals surface area contributed by atoms with E-state index in [0.717, 1.165) is 17.8 Å². The van der Waals surface area contributed by atoms with Gasteiger partial charge in [-0.05, 0) is 30.3 Å². The van der Waals surface area contributed by atoms with Crippen LogP contribution in [0.1, 0.15) is 0 Å². The Morgan fingerprint density at radius 2 is 1.91 bits per heavy atom. The van der Waals surface area contributed by atoms with Gasteiger partial charge in [0.25, 0.3) is 5.69 Å². The molecule has 1 aliphatic rings. The standard InChI is InChI=1S/C15H13ClFN3O3/c16-12-5-6-13(20(22)23)15(14(12)17)18-9-1-3-10(4-2-9)19-7-11(21)8-19/h1-6,11,18,21H,7-8H2. The van der Waals surface area contributed by atoms with Crippen molar-refractivity contribution < 1.29 is 14.4 Å². The van der Waals surface area contributed by atoms with Crippen molar-refractivity contribution in [1.82, 2.24) is 0 Å². The largest absolute Gasteiger partial charge is 0.389 e. The molecule has 1 heterocycles. The van der Waals surface area contributed by atoms with Crippen molar-refractivity contribution in [3.05, 3.63) is 57.4 Å². The minimum absolute atomic E-state index is 0.190. The predicted molar refractivity (Wildman–Crippen MR) is 86.0 cm³/mol. The van der Waals surface area contributed by atoms with Crippen LogP contribution in [0.2, 0.25) is 5.02 Å². The third-order valence-corrected chi connectivity index (χ3v) is 3.93. The minimum Gasteiger partial charge on any atom is -0.389 e. The SMILES string of the molecule is O=[N+]([O-])c1ccc(Cl)c(F)c1Nc1ccc(N2CC(O)C2)cc1. The monoisotopic (exact) mass is 337 g/mol. The van der Waals surface area contributed by atoms with Gasteiger partial charge in [0.15, 0.2) is 11.5 Å². The zero-order valence-corrected chi connectivity index (χ0v) is 12.6. The molecule has 2 aromatic carbocycles. The number of benzene rings is 2. The number of nitro benzene ring substituents is 1. The van der Waals surface area contributed by atoms with Crippen LogP contribution in [0.5, 0.6) is 0 Å². The zero-order valence-electron chi connectivity index (χ0n) is 11.9. The molecule has 0 unspecified atom stereocenters. The third-order valence-electron chi connectivity index (χ3n) is 3.63. The number of aliphatic hydroxyl groups is 1. The lowest BCUT2D eigenvalue weighted by molar-refractivity contribution is -0.384. The highest BCUT2D eigenvalue weighted by atomic mass is 35.5. The van der Waals surface area contributed by atoms with Gasteiger partial charge >= 0.3 is 0 Å². The summed E-state index contributed by atoms with van der Waals surface area (Å²) >= 11 is 5.70. The molecule has 2 N–H and O–H groups in total. The Labute approximate surface area is 136 Å². The van der Waals surface area contributed by atoms with Crippen molar-refractivity contribution in [3.8, 4) is 0 Å². The van der Waals surface area contributed by atoms with Crippen molar-refractivity contribution in [2.75, 3.05) is 23.3 Å². The molecule has 8 heteroatoms. The van der Waals surface area contributed by atoms with Crippen LogP contribution in [0, 0.1) is 15.9 Å². The summed E-state index contributed by atoms with van der Waals surface area (Å²) in [7, 11) is 0. The number of aliphatic hydroxyl groups excluding tert-OH is 1. The van der Waals surface area contributed by atoms with Crippen molar-refractivity contribution in [1.29, 1.82) is 0 Å². The summed E-state index contributed by atoms with van der Waals surface area (Å²) in [4.78, 5) is 12.3. The molecule has 120 valence electrons. The minimum atomic E-state index is -0.865. The summed E-state index contributed by atoms with van der Waals surface area (Å²) in [6.45, 7) is 1.14. The molecule has 0 atom stereocenters. The van der Waals surface area contributed by atoms with Gasteiger partial charge in [-0.25, -0.2) is 4.39 Å². The summed E-state index contributed by atoms with van der Waals surface area (Å²) < 4.78 is 14.1. The molecule has 0 aromatic heterocycles. The topological polar surface area (TPSA) is 78.6 Å². The van der Waals surface area contributed by atoms with Gasteiger partial charge in [0.1, 0.15) is 0 Å². The normalized spacial score (nSPS) is 14.5. The second-order valence-electron chi connectivity index (χ2n) is 5.24. The number of hydrogen-bond acceptors (Lipinski definition) is 5. The maximum absolute atomic E-state index is 14.1. The van der Waals surface area contributed by atoms with E-state index in [1.54, 1.807) is 24.3 Å². The van der Waals surface area contributed by atoms with Gasteiger partial charge in [0.2, 0.25) is 0 Å². The predicted octanol–water partition coefficient (Wildman–Crippen LogP) is 3.31. The molecule has 0 spiro atoms. The molecule has 0 aliphatic carbocycles. The first-order valence-electron chi connectivity index (χ1n) is 6.88. The van der Waals surface area contributed by atoms with Crippen LogP contribution in [-0.4, -0.2) is 29.2 Å². The molecule has 1 aliphatic heterocycles. The van der Waals surface area contributed by atoms with Crippen LogP contribution in [0.25, 0.3) is 0 Å². The summed E-state index contributed by atoms with van der Waals surface area (Å²) in [5.74, 6) is -0.865. The smallest absolute Gasteiger partial charge is 0.295 e. The molecule has 1 saturated heterocycles. The molecular formula is C15H13ClFN3O3. The fourth-order valence-electron chi connectivity index (χ4n) is 2.38. The lowest BCUT2D eigenvalue weighted by Gasteiger charge is -2.37. The number of nitrogens with zero attached hydrogens (tertiary/aromatic N) is 2. The van der Waals surface area contributed by atoms with Crippen LogP contribution >= 0.6 is 11.6 Å². The number of hydrogen-bond donors (Lipinski definition) is 2. The Kier molecular flexibility index (Phi) is 4.06. The van der Waals surface area contributed by atoms with Gasteiger partial charge < -0.3 is 15.3 Å². The number of nitro groups is 1. The number of rotatable bonds is 4. The van der Waals surface area contributed by atoms with Crippen molar-refractivity contribution in [2.45, 2.75) is 6.10 Å². The summed E-state index contributed by atoms with van der Waals surface area (Å²) in [6.07, 6.45) is -0.309. The molecule has 0 amide bonds. The molecule has 23 heavy (non-hydrogen) atoms. The van der Waals surface area contributed by atoms with Gasteiger partial charge in [-0.1, -0.05) is 11.6 Å². The first kappa shape index (κ1) is 15.5. The molecule has 0 radical (unpaired) electrons. The molecule has 0 saturated carbocycles. The van der Waals surface area contributed by atoms with Crippen molar-refractivity contribution in [2.24, 2.45) is 0 Å². The zero-order chi connectivity index (χ0) is 16.6. The van der Waals surface area contributed by atoms with Crippen LogP contribution in [0.3, 0.4) is 0 Å². The average molecular weight is 338 g/mol. The molecule has 2 aromatic rings. The van der Waals surface area contributed by atoms with E-state index in [1.165, 1.54) is 0 Å². The van der Waals surface area contributed by atoms with Crippen molar-refractivity contribution >= 4 is 34.4 Å². The maximum atomic E-state index is 14.1. The van der Waals surface area contributed by atoms with E-state index >= 15 is 0 Å². The number of β-amino-alcohol motifs (C(OH)–C–C–N with tert-alkyl or cyclic N) is 1. The van der Waals surface area contributed by atoms with E-state index in [0.29, 0.717) is 18.8 Å². The Morgan fingerprint density at radius 3 is 2.48 bits per heavy atom. The number of halogens is 2. The summed E-state index contributed by atoms with van der Waals surface area (Å²) in [6, 6.07) is 9.27. The van der Waals surface area contributed by atoms with E-state index in [9.17, 15) is 19.6 Å². The highest BCUT2D eigenvalue weighted by Crippen LogP contribution is 2.34. The highest BCUT2D eigenvalue weighted by Gasteiger charge is 2.24. The Morgan fingerprint density at radius 1 is 1.26 bits per heavy atom. The molecule has 3 rings (SSSR count). The Hall–Kier alpha value is -2.38. The Balaban J connectivity index is 1.84. The van der Waals surface area contributed by atoms with E-state index in [1.807, 2.05) is 4.90 Å². The van der Waals surface area contributed by atoms with Crippen LogP contribution in [0.4, 0.5) is 27.1 Å². The number of anilines is 3. The van der Waals surface area contributed by atoms with Crippen LogP contribution in [0.15, 0.2) is 36.4 Å². The van der Waals surface area contributed by atoms with Gasteiger partial charge in [0, 0.05) is 30.5 Å². The first-order chi connectivity index (χ1) is 11.0. The van der Waals surface area contributed by atoms with E-state index in [4.69, 9.17) is 11.6 Å². The van der Waals surface area contributed by atoms with E-state index in [-0.39, 0.29) is 22.5 Å². The maximum Gasteiger partial charge on any atom is 0.295 e. The van der Waals surface area contributed by atoms with Crippen LogP contribution in [-0.2, 0) is 0 Å². The summed E-state index contributed by atoms with van der Waals surface area (Å²) in [5.41, 5.74) is 0.762. The first-order valence-corrected chi connectivity index (χ1v) is 7.26. The molecule has 6 nitrogen and oxygen atoms in total. The van der Waals surface area contributed by atoms with Gasteiger partial charge in [0.05, 0.1) is 16.0 Å². The van der Waals surface area contributed by atoms with E-state index < -0.39 is 10.7 Å². The van der Waals surface area contributed by atoms with Gasteiger partial charge in [-0.2, -0.15) is 0 Å². The van der Waals surface area contributed by atoms with Crippen molar-refractivity contribution in [3.63, 3.8) is 0 Å². The average Bonchev–Trinajstić information content (AvgIpc) is 2.49. The molecular weight excluding hydrogens is 325 g/mol. The Bertz CT molecular complexity index is 748. The third kappa shape index (κ3) is 3.06. The summed E-state index contributed by atoms with van der Waals surface area (Å²) in [5, 5.41) is 22.8. The lowest BCUT2D eigenvalue weighted by atomic mass is 10.1. The van der Waals surface area contributed by atoms with E-state index in [2.05, 4.69) is 5.32 Å². The fourth-order valence-corrected chi connectivity index (χ4v) is 2.54. The van der Waals surface area contributed by atoms with Gasteiger partial charge in [-0.3, -0.25) is 10.1 Å². The second kappa shape index (κ2) is 6.02. The lowest BCUT2D eigenvalue weighted by Crippen LogP contribution is -2.50. The van der Waals surface area contributed by atoms with Crippen LogP contribution < -0.4 is 10.2 Å².